The molecule has 3 rings (SSSR count). The molecular formula is C17H25NO2. The fourth-order valence-corrected chi connectivity index (χ4v) is 4.63. The summed E-state index contributed by atoms with van der Waals surface area (Å²) in [6.45, 7) is 3.01. The third-order valence-electron chi connectivity index (χ3n) is 5.56. The molecule has 1 spiro atoms. The largest absolute Gasteiger partial charge is 0.375 e. The van der Waals surface area contributed by atoms with E-state index in [-0.39, 0.29) is 17.1 Å². The number of hydrogen-bond acceptors (Lipinski definition) is 3. The third kappa shape index (κ3) is 2.37. The van der Waals surface area contributed by atoms with Gasteiger partial charge in [-0.15, -0.1) is 0 Å². The summed E-state index contributed by atoms with van der Waals surface area (Å²) in [5, 5.41) is 0. The number of carbonyl (C=O) groups excluding carboxylic acids is 1. The average molecular weight is 275 g/mol. The zero-order valence-corrected chi connectivity index (χ0v) is 12.4. The summed E-state index contributed by atoms with van der Waals surface area (Å²) < 4.78 is 6.17. The monoisotopic (exact) mass is 275 g/mol. The topological polar surface area (TPSA) is 38.7 Å². The molecule has 3 nitrogen and oxygen atoms in total. The lowest BCUT2D eigenvalue weighted by molar-refractivity contribution is -0.138. The lowest BCUT2D eigenvalue weighted by atomic mass is 9.63. The molecule has 3 atom stereocenters. The van der Waals surface area contributed by atoms with E-state index in [2.05, 4.69) is 13.0 Å². The number of hydrogen-bond donors (Lipinski definition) is 0. The van der Waals surface area contributed by atoms with E-state index in [0.717, 1.165) is 38.6 Å². The first-order valence-electron chi connectivity index (χ1n) is 7.97. The van der Waals surface area contributed by atoms with Crippen molar-refractivity contribution in [1.82, 2.24) is 0 Å². The van der Waals surface area contributed by atoms with Crippen LogP contribution in [-0.2, 0) is 9.53 Å². The van der Waals surface area contributed by atoms with E-state index in [1.54, 1.807) is 0 Å². The lowest BCUT2D eigenvalue weighted by Crippen LogP contribution is -2.50. The Morgan fingerprint density at radius 3 is 2.85 bits per heavy atom. The van der Waals surface area contributed by atoms with Crippen molar-refractivity contribution in [2.45, 2.75) is 63.5 Å². The van der Waals surface area contributed by atoms with Gasteiger partial charge in [-0.3, -0.25) is 4.99 Å². The fourth-order valence-electron chi connectivity index (χ4n) is 4.63. The van der Waals surface area contributed by atoms with Gasteiger partial charge >= 0.3 is 0 Å². The van der Waals surface area contributed by atoms with Gasteiger partial charge in [-0.05, 0) is 37.7 Å². The van der Waals surface area contributed by atoms with Crippen LogP contribution in [0.4, 0.5) is 0 Å². The van der Waals surface area contributed by atoms with Gasteiger partial charge in [0.15, 0.2) is 0 Å². The Bertz CT molecular complexity index is 423. The zero-order valence-electron chi connectivity index (χ0n) is 12.4. The van der Waals surface area contributed by atoms with Gasteiger partial charge in [0.2, 0.25) is 0 Å². The van der Waals surface area contributed by atoms with Crippen LogP contribution in [0.5, 0.6) is 0 Å². The Hall–Kier alpha value is -0.960. The van der Waals surface area contributed by atoms with E-state index in [1.807, 2.05) is 12.3 Å². The molecule has 3 heteroatoms. The molecule has 0 bridgehead atoms. The first-order chi connectivity index (χ1) is 9.70. The second kappa shape index (κ2) is 5.44. The maximum atomic E-state index is 11.3. The molecule has 1 aliphatic carbocycles. The standard InChI is InChI=1S/C17H25NO2/c1-14-5-4-10-18-15(14)16(8-11-19)9-12-20-17(13-16)6-2-3-7-17/h4-5,10-11,14-15H,2-3,6-9,12-13H2,1H3/t14?,15?,16-/m1/s1. The Morgan fingerprint density at radius 2 is 2.15 bits per heavy atom. The molecule has 2 heterocycles. The molecular weight excluding hydrogens is 250 g/mol. The molecule has 2 unspecified atom stereocenters. The second-order valence-corrected chi connectivity index (χ2v) is 6.89. The van der Waals surface area contributed by atoms with Gasteiger partial charge in [-0.1, -0.05) is 25.8 Å². The van der Waals surface area contributed by atoms with Gasteiger partial charge in [-0.25, -0.2) is 0 Å². The van der Waals surface area contributed by atoms with Crippen LogP contribution >= 0.6 is 0 Å². The maximum Gasteiger partial charge on any atom is 0.120 e. The van der Waals surface area contributed by atoms with E-state index >= 15 is 0 Å². The van der Waals surface area contributed by atoms with Crippen molar-refractivity contribution in [3.8, 4) is 0 Å². The molecule has 2 fully saturated rings. The Morgan fingerprint density at radius 1 is 1.35 bits per heavy atom. The van der Waals surface area contributed by atoms with Crippen molar-refractivity contribution in [3.63, 3.8) is 0 Å². The zero-order chi connectivity index (χ0) is 14.1. The van der Waals surface area contributed by atoms with Crippen molar-refractivity contribution in [2.75, 3.05) is 6.61 Å². The first kappa shape index (κ1) is 14.0. The maximum absolute atomic E-state index is 11.3. The summed E-state index contributed by atoms with van der Waals surface area (Å²) in [7, 11) is 0. The number of dihydropyridines is 1. The smallest absolute Gasteiger partial charge is 0.120 e. The van der Waals surface area contributed by atoms with Gasteiger partial charge in [0.1, 0.15) is 6.29 Å². The van der Waals surface area contributed by atoms with Crippen molar-refractivity contribution >= 4 is 12.5 Å². The fraction of sp³-hybridized carbons (Fsp3) is 0.765. The molecule has 110 valence electrons. The number of ether oxygens (including phenoxy) is 1. The molecule has 1 saturated carbocycles. The van der Waals surface area contributed by atoms with Gasteiger partial charge in [0.25, 0.3) is 0 Å². The number of carbonyl (C=O) groups is 1. The van der Waals surface area contributed by atoms with Crippen LogP contribution in [0.25, 0.3) is 0 Å². The van der Waals surface area contributed by atoms with Crippen molar-refractivity contribution in [2.24, 2.45) is 16.3 Å². The third-order valence-corrected chi connectivity index (χ3v) is 5.56. The highest BCUT2D eigenvalue weighted by atomic mass is 16.5. The predicted molar refractivity (Wildman–Crippen MR) is 80.1 cm³/mol. The van der Waals surface area contributed by atoms with E-state index in [4.69, 9.17) is 9.73 Å². The van der Waals surface area contributed by atoms with Crippen molar-refractivity contribution < 1.29 is 9.53 Å². The predicted octanol–water partition coefficient (Wildman–Crippen LogP) is 3.33. The van der Waals surface area contributed by atoms with Crippen LogP contribution in [0.15, 0.2) is 17.1 Å². The Labute approximate surface area is 121 Å². The number of aldehydes is 1. The summed E-state index contributed by atoms with van der Waals surface area (Å²) in [5.41, 5.74) is 0.0443. The van der Waals surface area contributed by atoms with Crippen LogP contribution in [-0.4, -0.2) is 30.8 Å². The molecule has 3 aliphatic rings. The molecule has 0 N–H and O–H groups in total. The van der Waals surface area contributed by atoms with Gasteiger partial charge in [0, 0.05) is 24.7 Å². The minimum atomic E-state index is 0.00498. The highest BCUT2D eigenvalue weighted by molar-refractivity contribution is 5.72. The first-order valence-corrected chi connectivity index (χ1v) is 7.97. The van der Waals surface area contributed by atoms with Gasteiger partial charge in [0.05, 0.1) is 11.6 Å². The normalized spacial score (nSPS) is 39.2. The SMILES string of the molecule is CC1C=CC=NC1[C@]1(CC=O)CCOC2(CCCC2)C1. The number of nitrogens with zero attached hydrogens (tertiary/aromatic N) is 1. The summed E-state index contributed by atoms with van der Waals surface area (Å²) in [6.07, 6.45) is 14.7. The quantitative estimate of drug-likeness (QED) is 0.741. The number of rotatable bonds is 3. The van der Waals surface area contributed by atoms with E-state index in [0.29, 0.717) is 12.3 Å². The highest BCUT2D eigenvalue weighted by Gasteiger charge is 2.51. The van der Waals surface area contributed by atoms with Crippen molar-refractivity contribution in [1.29, 1.82) is 0 Å². The Kier molecular flexibility index (Phi) is 3.80. The Balaban J connectivity index is 1.88. The molecule has 1 saturated heterocycles. The van der Waals surface area contributed by atoms with Gasteiger partial charge < -0.3 is 9.53 Å². The molecule has 0 aromatic carbocycles. The average Bonchev–Trinajstić information content (AvgIpc) is 2.87. The van der Waals surface area contributed by atoms with Crippen LogP contribution in [0.2, 0.25) is 0 Å². The molecule has 2 aliphatic heterocycles. The van der Waals surface area contributed by atoms with E-state index in [9.17, 15) is 4.79 Å². The number of aliphatic imine (C=N–C) groups is 1. The second-order valence-electron chi connectivity index (χ2n) is 6.89. The molecule has 0 aromatic rings. The van der Waals surface area contributed by atoms with Crippen LogP contribution in [0.3, 0.4) is 0 Å². The lowest BCUT2D eigenvalue weighted by Gasteiger charge is -2.50. The number of allylic oxidation sites excluding steroid dienone is 1. The van der Waals surface area contributed by atoms with Crippen LogP contribution in [0, 0.1) is 11.3 Å². The summed E-state index contributed by atoms with van der Waals surface area (Å²) >= 11 is 0. The summed E-state index contributed by atoms with van der Waals surface area (Å²) in [6, 6.07) is 0.235. The van der Waals surface area contributed by atoms with Crippen molar-refractivity contribution in [3.05, 3.63) is 12.2 Å². The molecule has 20 heavy (non-hydrogen) atoms. The van der Waals surface area contributed by atoms with Gasteiger partial charge in [-0.2, -0.15) is 0 Å². The van der Waals surface area contributed by atoms with Crippen LogP contribution in [0.1, 0.15) is 51.9 Å². The molecule has 0 radical (unpaired) electrons. The molecule has 0 aromatic heterocycles. The molecule has 0 amide bonds. The van der Waals surface area contributed by atoms with Crippen LogP contribution < -0.4 is 0 Å². The van der Waals surface area contributed by atoms with E-state index < -0.39 is 0 Å². The van der Waals surface area contributed by atoms with E-state index in [1.165, 1.54) is 12.8 Å². The highest BCUT2D eigenvalue weighted by Crippen LogP contribution is 2.52. The summed E-state index contributed by atoms with van der Waals surface area (Å²) in [4.78, 5) is 16.1. The minimum absolute atomic E-state index is 0.00498. The minimum Gasteiger partial charge on any atom is -0.375 e. The summed E-state index contributed by atoms with van der Waals surface area (Å²) in [5.74, 6) is 0.413.